The van der Waals surface area contributed by atoms with Crippen LogP contribution in [0.4, 0.5) is 0 Å². The molecule has 0 aromatic heterocycles. The zero-order valence-electron chi connectivity index (χ0n) is 8.12. The highest BCUT2D eigenvalue weighted by Gasteiger charge is 2.08. The maximum atomic E-state index is 5.53. The monoisotopic (exact) mass is 176 g/mol. The van der Waals surface area contributed by atoms with Crippen LogP contribution in [0.25, 0.3) is 0 Å². The molecule has 0 radical (unpaired) electrons. The number of hydrogen-bond donors (Lipinski definition) is 2. The lowest BCUT2D eigenvalue weighted by atomic mass is 10.0. The van der Waals surface area contributed by atoms with Gasteiger partial charge in [0.25, 0.3) is 0 Å². The van der Waals surface area contributed by atoms with Crippen LogP contribution in [0.5, 0.6) is 0 Å². The van der Waals surface area contributed by atoms with Gasteiger partial charge in [-0.2, -0.15) is 0 Å². The van der Waals surface area contributed by atoms with Crippen LogP contribution in [-0.4, -0.2) is 6.04 Å². The third-order valence-electron chi connectivity index (χ3n) is 1.96. The molecule has 0 saturated carbocycles. The van der Waals surface area contributed by atoms with E-state index >= 15 is 0 Å². The van der Waals surface area contributed by atoms with Crippen molar-refractivity contribution in [2.75, 3.05) is 0 Å². The molecule has 0 spiro atoms. The van der Waals surface area contributed by atoms with Crippen molar-refractivity contribution < 1.29 is 0 Å². The van der Waals surface area contributed by atoms with Crippen molar-refractivity contribution in [3.8, 4) is 0 Å². The molecule has 1 aliphatic heterocycles. The van der Waals surface area contributed by atoms with Gasteiger partial charge in [-0.1, -0.05) is 23.8 Å². The molecule has 0 bridgehead atoms. The van der Waals surface area contributed by atoms with Gasteiger partial charge in [-0.25, -0.2) is 0 Å². The van der Waals surface area contributed by atoms with Crippen LogP contribution in [0, 0.1) is 0 Å². The number of allylic oxidation sites excluding steroid dienone is 3. The minimum atomic E-state index is 0.214. The number of nitrogens with one attached hydrogen (secondary N) is 1. The first-order valence-electron chi connectivity index (χ1n) is 4.43. The predicted octanol–water partition coefficient (Wildman–Crippen LogP) is 1.84. The Morgan fingerprint density at radius 1 is 1.62 bits per heavy atom. The van der Waals surface area contributed by atoms with Crippen molar-refractivity contribution in [1.29, 1.82) is 0 Å². The summed E-state index contributed by atoms with van der Waals surface area (Å²) < 4.78 is 0. The lowest BCUT2D eigenvalue weighted by Gasteiger charge is -2.18. The first kappa shape index (κ1) is 9.65. The number of dihydropyridines is 1. The molecule has 0 aromatic carbocycles. The molecule has 70 valence electrons. The van der Waals surface area contributed by atoms with Crippen molar-refractivity contribution >= 4 is 0 Å². The van der Waals surface area contributed by atoms with E-state index in [1.165, 1.54) is 5.57 Å². The normalized spacial score (nSPS) is 23.1. The summed E-state index contributed by atoms with van der Waals surface area (Å²) in [6, 6.07) is 0.214. The van der Waals surface area contributed by atoms with E-state index in [1.807, 2.05) is 31.4 Å². The smallest absolute Gasteiger partial charge is 0.0712 e. The van der Waals surface area contributed by atoms with E-state index in [1.54, 1.807) is 6.20 Å². The van der Waals surface area contributed by atoms with Crippen LogP contribution in [0.1, 0.15) is 13.8 Å². The van der Waals surface area contributed by atoms with Crippen LogP contribution < -0.4 is 11.1 Å². The lowest BCUT2D eigenvalue weighted by Crippen LogP contribution is -2.26. The Hall–Kier alpha value is -1.44. The van der Waals surface area contributed by atoms with Gasteiger partial charge in [0.2, 0.25) is 0 Å². The quantitative estimate of drug-likeness (QED) is 0.630. The lowest BCUT2D eigenvalue weighted by molar-refractivity contribution is 0.790. The summed E-state index contributed by atoms with van der Waals surface area (Å²) >= 11 is 0. The first-order valence-corrected chi connectivity index (χ1v) is 4.43. The molecule has 1 heterocycles. The van der Waals surface area contributed by atoms with Crippen LogP contribution in [0.15, 0.2) is 47.9 Å². The molecule has 0 fully saturated rings. The maximum absolute atomic E-state index is 5.53. The third-order valence-corrected chi connectivity index (χ3v) is 1.96. The van der Waals surface area contributed by atoms with Gasteiger partial charge in [0.05, 0.1) is 6.04 Å². The molecule has 0 aromatic rings. The summed E-state index contributed by atoms with van der Waals surface area (Å²) in [6.45, 7) is 4.06. The van der Waals surface area contributed by atoms with Crippen molar-refractivity contribution in [3.05, 3.63) is 47.9 Å². The van der Waals surface area contributed by atoms with Crippen molar-refractivity contribution in [1.82, 2.24) is 5.32 Å². The van der Waals surface area contributed by atoms with Gasteiger partial charge in [0, 0.05) is 0 Å². The summed E-state index contributed by atoms with van der Waals surface area (Å²) in [4.78, 5) is 0. The van der Waals surface area contributed by atoms with Crippen molar-refractivity contribution in [2.45, 2.75) is 19.9 Å². The highest BCUT2D eigenvalue weighted by Crippen LogP contribution is 2.11. The first-order chi connectivity index (χ1) is 6.27. The molecule has 1 aliphatic rings. The van der Waals surface area contributed by atoms with Gasteiger partial charge < -0.3 is 11.1 Å². The Balaban J connectivity index is 2.78. The molecule has 1 unspecified atom stereocenters. The Kier molecular flexibility index (Phi) is 3.38. The molecule has 2 heteroatoms. The molecule has 13 heavy (non-hydrogen) atoms. The van der Waals surface area contributed by atoms with Gasteiger partial charge >= 0.3 is 0 Å². The molecular formula is C11H16N2. The van der Waals surface area contributed by atoms with Crippen LogP contribution in [0.3, 0.4) is 0 Å². The summed E-state index contributed by atoms with van der Waals surface area (Å²) in [5.41, 5.74) is 7.87. The Labute approximate surface area is 79.5 Å². The highest BCUT2D eigenvalue weighted by atomic mass is 14.9. The number of nitrogens with two attached hydrogens (primary N) is 1. The van der Waals surface area contributed by atoms with E-state index in [0.717, 1.165) is 5.57 Å². The van der Waals surface area contributed by atoms with E-state index < -0.39 is 0 Å². The second-order valence-corrected chi connectivity index (χ2v) is 3.06. The van der Waals surface area contributed by atoms with Gasteiger partial charge in [-0.3, -0.25) is 0 Å². The average molecular weight is 176 g/mol. The van der Waals surface area contributed by atoms with Gasteiger partial charge in [-0.15, -0.1) is 0 Å². The second-order valence-electron chi connectivity index (χ2n) is 3.06. The van der Waals surface area contributed by atoms with Crippen LogP contribution in [-0.2, 0) is 0 Å². The average Bonchev–Trinajstić information content (AvgIpc) is 2.14. The Morgan fingerprint density at radius 3 is 2.92 bits per heavy atom. The highest BCUT2D eigenvalue weighted by molar-refractivity contribution is 5.35. The molecule has 0 aliphatic carbocycles. The fourth-order valence-corrected chi connectivity index (χ4v) is 1.30. The molecular weight excluding hydrogens is 160 g/mol. The van der Waals surface area contributed by atoms with Gasteiger partial charge in [-0.05, 0) is 37.9 Å². The standard InChI is InChI=1S/C11H16N2/c1-3-4-10(8-12)11-7-9(2)5-6-13-11/h3-8,11,13H,12H2,1-2H3/b4-3-,10-8+. The molecule has 2 nitrogen and oxygen atoms in total. The SMILES string of the molecule is C/C=C\C(=C/N)C1C=C(C)C=CN1. The van der Waals surface area contributed by atoms with E-state index in [2.05, 4.69) is 18.3 Å². The van der Waals surface area contributed by atoms with Crippen LogP contribution in [0.2, 0.25) is 0 Å². The molecule has 3 N–H and O–H groups in total. The Morgan fingerprint density at radius 2 is 2.38 bits per heavy atom. The van der Waals surface area contributed by atoms with Gasteiger partial charge in [0.1, 0.15) is 0 Å². The fraction of sp³-hybridized carbons (Fsp3) is 0.273. The molecule has 0 amide bonds. The van der Waals surface area contributed by atoms with Crippen molar-refractivity contribution in [2.24, 2.45) is 5.73 Å². The predicted molar refractivity (Wildman–Crippen MR) is 56.9 cm³/mol. The molecule has 1 rings (SSSR count). The van der Waals surface area contributed by atoms with E-state index in [9.17, 15) is 0 Å². The Bertz CT molecular complexity index is 282. The number of rotatable bonds is 2. The summed E-state index contributed by atoms with van der Waals surface area (Å²) in [5, 5.41) is 3.23. The van der Waals surface area contributed by atoms with Gasteiger partial charge in [0.15, 0.2) is 0 Å². The summed E-state index contributed by atoms with van der Waals surface area (Å²) in [7, 11) is 0. The zero-order chi connectivity index (χ0) is 9.68. The minimum absolute atomic E-state index is 0.214. The summed E-state index contributed by atoms with van der Waals surface area (Å²) in [6.07, 6.45) is 11.8. The largest absolute Gasteiger partial charge is 0.404 e. The van der Waals surface area contributed by atoms with E-state index in [4.69, 9.17) is 5.73 Å². The van der Waals surface area contributed by atoms with E-state index in [-0.39, 0.29) is 6.04 Å². The minimum Gasteiger partial charge on any atom is -0.404 e. The third kappa shape index (κ3) is 2.51. The number of hydrogen-bond acceptors (Lipinski definition) is 2. The summed E-state index contributed by atoms with van der Waals surface area (Å²) in [5.74, 6) is 0. The zero-order valence-corrected chi connectivity index (χ0v) is 8.12. The van der Waals surface area contributed by atoms with E-state index in [0.29, 0.717) is 0 Å². The molecule has 0 saturated heterocycles. The topological polar surface area (TPSA) is 38.0 Å². The fourth-order valence-electron chi connectivity index (χ4n) is 1.30. The maximum Gasteiger partial charge on any atom is 0.0712 e. The van der Waals surface area contributed by atoms with Crippen molar-refractivity contribution in [3.63, 3.8) is 0 Å². The molecule has 1 atom stereocenters. The van der Waals surface area contributed by atoms with Crippen LogP contribution >= 0.6 is 0 Å². The second kappa shape index (κ2) is 4.55.